The zero-order valence-electron chi connectivity index (χ0n) is 11.6. The normalized spacial score (nSPS) is 10.7. The molecule has 0 aliphatic rings. The van der Waals surface area contributed by atoms with E-state index in [-0.39, 0.29) is 6.42 Å². The van der Waals surface area contributed by atoms with Crippen molar-refractivity contribution in [1.29, 1.82) is 0 Å². The number of carbonyl (C=O) groups is 1. The van der Waals surface area contributed by atoms with Gasteiger partial charge in [-0.3, -0.25) is 4.79 Å². The molecule has 4 heteroatoms. The second-order valence-corrected chi connectivity index (χ2v) is 4.86. The largest absolute Gasteiger partial charge is 0.491 e. The van der Waals surface area contributed by atoms with Crippen molar-refractivity contribution < 1.29 is 19.4 Å². The molecule has 1 N–H and O–H groups in total. The van der Waals surface area contributed by atoms with Gasteiger partial charge in [0, 0.05) is 6.61 Å². The van der Waals surface area contributed by atoms with E-state index in [0.29, 0.717) is 24.9 Å². The van der Waals surface area contributed by atoms with Gasteiger partial charge in [0.05, 0.1) is 13.0 Å². The zero-order valence-corrected chi connectivity index (χ0v) is 11.6. The molecule has 0 aromatic heterocycles. The Morgan fingerprint density at radius 3 is 2.74 bits per heavy atom. The van der Waals surface area contributed by atoms with Gasteiger partial charge in [0.15, 0.2) is 0 Å². The van der Waals surface area contributed by atoms with Crippen molar-refractivity contribution in [2.45, 2.75) is 26.7 Å². The Hall–Kier alpha value is -1.55. The molecular weight excluding hydrogens is 244 g/mol. The van der Waals surface area contributed by atoms with Gasteiger partial charge in [-0.15, -0.1) is 0 Å². The molecule has 1 rings (SSSR count). The first-order chi connectivity index (χ1) is 9.08. The third-order valence-electron chi connectivity index (χ3n) is 2.59. The molecule has 19 heavy (non-hydrogen) atoms. The van der Waals surface area contributed by atoms with Gasteiger partial charge in [-0.2, -0.15) is 0 Å². The Bertz CT molecular complexity index is 387. The predicted molar refractivity (Wildman–Crippen MR) is 73.6 cm³/mol. The Kier molecular flexibility index (Phi) is 6.97. The van der Waals surface area contributed by atoms with Crippen LogP contribution in [0.1, 0.15) is 25.8 Å². The Labute approximate surface area is 114 Å². The molecule has 1 aromatic rings. The number of aliphatic carboxylic acids is 1. The maximum absolute atomic E-state index is 10.6. The highest BCUT2D eigenvalue weighted by atomic mass is 16.5. The third-order valence-corrected chi connectivity index (χ3v) is 2.59. The van der Waals surface area contributed by atoms with Crippen LogP contribution < -0.4 is 4.74 Å². The van der Waals surface area contributed by atoms with Gasteiger partial charge in [-0.05, 0) is 30.0 Å². The molecule has 0 fully saturated rings. The fourth-order valence-corrected chi connectivity index (χ4v) is 1.56. The highest BCUT2D eigenvalue weighted by Gasteiger charge is 2.02. The first-order valence-electron chi connectivity index (χ1n) is 6.59. The van der Waals surface area contributed by atoms with Crippen LogP contribution in [0.3, 0.4) is 0 Å². The molecule has 1 aromatic carbocycles. The van der Waals surface area contributed by atoms with Crippen molar-refractivity contribution in [3.05, 3.63) is 29.8 Å². The molecule has 0 aliphatic carbocycles. The molecular formula is C15H22O4. The minimum absolute atomic E-state index is 0.0160. The molecule has 0 saturated carbocycles. The van der Waals surface area contributed by atoms with Crippen LogP contribution in [-0.4, -0.2) is 30.9 Å². The van der Waals surface area contributed by atoms with Crippen LogP contribution in [0.2, 0.25) is 0 Å². The van der Waals surface area contributed by atoms with E-state index < -0.39 is 5.97 Å². The van der Waals surface area contributed by atoms with Crippen LogP contribution in [-0.2, 0) is 16.0 Å². The standard InChI is InChI=1S/C15H22O4/c1-12(2)6-7-18-8-9-19-14-5-3-4-13(10-14)11-15(16)17/h3-5,10,12H,6-9,11H2,1-2H3,(H,16,17). The molecule has 0 bridgehead atoms. The number of ether oxygens (including phenoxy) is 2. The highest BCUT2D eigenvalue weighted by molar-refractivity contribution is 5.70. The highest BCUT2D eigenvalue weighted by Crippen LogP contribution is 2.13. The topological polar surface area (TPSA) is 55.8 Å². The molecule has 0 heterocycles. The number of carboxylic acids is 1. The third kappa shape index (κ3) is 7.47. The summed E-state index contributed by atoms with van der Waals surface area (Å²) in [5, 5.41) is 8.71. The maximum Gasteiger partial charge on any atom is 0.307 e. The SMILES string of the molecule is CC(C)CCOCCOc1cccc(CC(=O)O)c1. The van der Waals surface area contributed by atoms with E-state index in [9.17, 15) is 4.79 Å². The van der Waals surface area contributed by atoms with Crippen LogP contribution >= 0.6 is 0 Å². The van der Waals surface area contributed by atoms with Crippen molar-refractivity contribution in [3.8, 4) is 5.75 Å². The predicted octanol–water partition coefficient (Wildman–Crippen LogP) is 2.76. The second kappa shape index (κ2) is 8.53. The molecule has 0 radical (unpaired) electrons. The summed E-state index contributed by atoms with van der Waals surface area (Å²) >= 11 is 0. The van der Waals surface area contributed by atoms with Crippen LogP contribution in [0.5, 0.6) is 5.75 Å². The van der Waals surface area contributed by atoms with E-state index >= 15 is 0 Å². The lowest BCUT2D eigenvalue weighted by molar-refractivity contribution is -0.136. The molecule has 0 aliphatic heterocycles. The summed E-state index contributed by atoms with van der Waals surface area (Å²) in [6, 6.07) is 7.15. The average molecular weight is 266 g/mol. The maximum atomic E-state index is 10.6. The summed E-state index contributed by atoms with van der Waals surface area (Å²) < 4.78 is 11.0. The van der Waals surface area contributed by atoms with Crippen molar-refractivity contribution in [3.63, 3.8) is 0 Å². The van der Waals surface area contributed by atoms with Gasteiger partial charge in [0.1, 0.15) is 12.4 Å². The van der Waals surface area contributed by atoms with Crippen LogP contribution in [0, 0.1) is 5.92 Å². The molecule has 0 spiro atoms. The van der Waals surface area contributed by atoms with Crippen molar-refractivity contribution in [2.24, 2.45) is 5.92 Å². The van der Waals surface area contributed by atoms with Gasteiger partial charge in [0.25, 0.3) is 0 Å². The van der Waals surface area contributed by atoms with E-state index in [0.717, 1.165) is 18.6 Å². The first-order valence-corrected chi connectivity index (χ1v) is 6.59. The number of carboxylic acid groups (broad SMARTS) is 1. The molecule has 106 valence electrons. The summed E-state index contributed by atoms with van der Waals surface area (Å²) in [5.74, 6) is 0.494. The number of hydrogen-bond donors (Lipinski definition) is 1. The van der Waals surface area contributed by atoms with E-state index in [1.54, 1.807) is 18.2 Å². The van der Waals surface area contributed by atoms with Crippen molar-refractivity contribution in [2.75, 3.05) is 19.8 Å². The lowest BCUT2D eigenvalue weighted by Gasteiger charge is -2.09. The van der Waals surface area contributed by atoms with E-state index in [1.165, 1.54) is 0 Å². The number of rotatable bonds is 9. The summed E-state index contributed by atoms with van der Waals surface area (Å²) in [7, 11) is 0. The summed E-state index contributed by atoms with van der Waals surface area (Å²) in [5.41, 5.74) is 0.741. The van der Waals surface area contributed by atoms with E-state index in [4.69, 9.17) is 14.6 Å². The molecule has 0 atom stereocenters. The van der Waals surface area contributed by atoms with Gasteiger partial charge in [-0.25, -0.2) is 0 Å². The lowest BCUT2D eigenvalue weighted by Crippen LogP contribution is -2.09. The Morgan fingerprint density at radius 1 is 1.26 bits per heavy atom. The number of benzene rings is 1. The average Bonchev–Trinajstić information content (AvgIpc) is 2.33. The zero-order chi connectivity index (χ0) is 14.1. The lowest BCUT2D eigenvalue weighted by atomic mass is 10.1. The first kappa shape index (κ1) is 15.5. The van der Waals surface area contributed by atoms with Gasteiger partial charge in [-0.1, -0.05) is 26.0 Å². The smallest absolute Gasteiger partial charge is 0.307 e. The Morgan fingerprint density at radius 2 is 2.05 bits per heavy atom. The monoisotopic (exact) mass is 266 g/mol. The molecule has 4 nitrogen and oxygen atoms in total. The van der Waals surface area contributed by atoms with Gasteiger partial charge >= 0.3 is 5.97 Å². The molecule has 0 saturated heterocycles. The minimum Gasteiger partial charge on any atom is -0.491 e. The summed E-state index contributed by atoms with van der Waals surface area (Å²) in [6.07, 6.45) is 1.07. The fourth-order valence-electron chi connectivity index (χ4n) is 1.56. The van der Waals surface area contributed by atoms with Crippen LogP contribution in [0.4, 0.5) is 0 Å². The van der Waals surface area contributed by atoms with Gasteiger partial charge in [0.2, 0.25) is 0 Å². The van der Waals surface area contributed by atoms with Crippen LogP contribution in [0.15, 0.2) is 24.3 Å². The molecule has 0 amide bonds. The van der Waals surface area contributed by atoms with Crippen LogP contribution in [0.25, 0.3) is 0 Å². The van der Waals surface area contributed by atoms with Gasteiger partial charge < -0.3 is 14.6 Å². The van der Waals surface area contributed by atoms with Crippen molar-refractivity contribution in [1.82, 2.24) is 0 Å². The van der Waals surface area contributed by atoms with E-state index in [2.05, 4.69) is 13.8 Å². The second-order valence-electron chi connectivity index (χ2n) is 4.86. The van der Waals surface area contributed by atoms with Crippen molar-refractivity contribution >= 4 is 5.97 Å². The Balaban J connectivity index is 2.23. The summed E-state index contributed by atoms with van der Waals surface area (Å²) in [6.45, 7) is 6.10. The summed E-state index contributed by atoms with van der Waals surface area (Å²) in [4.78, 5) is 10.6. The quantitative estimate of drug-likeness (QED) is 0.698. The molecule has 0 unspecified atom stereocenters. The van der Waals surface area contributed by atoms with E-state index in [1.807, 2.05) is 6.07 Å². The fraction of sp³-hybridized carbons (Fsp3) is 0.533. The minimum atomic E-state index is -0.839. The number of hydrogen-bond acceptors (Lipinski definition) is 3.